The summed E-state index contributed by atoms with van der Waals surface area (Å²) >= 11 is -2.13. The van der Waals surface area contributed by atoms with Gasteiger partial charge in [-0.25, -0.2) is 11.1 Å². The van der Waals surface area contributed by atoms with E-state index >= 15 is 0 Å². The monoisotopic (exact) mass is 288 g/mol. The number of rotatable bonds is 0. The maximum atomic E-state index is 5.00. The minimum absolute atomic E-state index is 1.03. The van der Waals surface area contributed by atoms with Crippen molar-refractivity contribution in [1.82, 2.24) is 0 Å². The fourth-order valence-electron chi connectivity index (χ4n) is 0.650. The minimum atomic E-state index is -2.13. The summed E-state index contributed by atoms with van der Waals surface area (Å²) in [6.07, 6.45) is 6.41. The van der Waals surface area contributed by atoms with E-state index in [0.717, 1.165) is 6.42 Å². The summed E-state index contributed by atoms with van der Waals surface area (Å²) in [5.74, 6) is 0. The van der Waals surface area contributed by atoms with E-state index in [4.69, 9.17) is 25.5 Å². The van der Waals surface area contributed by atoms with Gasteiger partial charge >= 0.3 is 43.7 Å². The third kappa shape index (κ3) is 7.59. The van der Waals surface area contributed by atoms with Gasteiger partial charge in [0.1, 0.15) is 0 Å². The SMILES string of the molecule is CC1=[C-]CC=C1C.[Cl][Zr]([Cl])[Cl]. The van der Waals surface area contributed by atoms with Gasteiger partial charge in [-0.05, 0) is 0 Å². The standard InChI is InChI=1S/C7H9.3ClH.Zr/c1-6-4-3-5-7(6)2;;;;/h4H,3H2,1-2H3;3*1H;/q-1;;;;+3/p-3. The molecule has 0 aliphatic heterocycles. The average molecular weight is 291 g/mol. The Bertz CT molecular complexity index is 154. The Morgan fingerprint density at radius 2 is 1.82 bits per heavy atom. The zero-order valence-electron chi connectivity index (χ0n) is 6.42. The van der Waals surface area contributed by atoms with Crippen LogP contribution in [0.3, 0.4) is 0 Å². The van der Waals surface area contributed by atoms with Gasteiger partial charge < -0.3 is 0 Å². The van der Waals surface area contributed by atoms with E-state index in [1.807, 2.05) is 0 Å². The number of hydrogen-bond donors (Lipinski definition) is 0. The van der Waals surface area contributed by atoms with Gasteiger partial charge in [0.05, 0.1) is 0 Å². The summed E-state index contributed by atoms with van der Waals surface area (Å²) < 4.78 is 0. The molecule has 0 aromatic carbocycles. The van der Waals surface area contributed by atoms with Crippen molar-refractivity contribution in [1.29, 1.82) is 0 Å². The molecule has 0 amide bonds. The van der Waals surface area contributed by atoms with Crippen molar-refractivity contribution < 1.29 is 18.2 Å². The summed E-state index contributed by atoms with van der Waals surface area (Å²) in [7, 11) is 15.0. The van der Waals surface area contributed by atoms with E-state index in [-0.39, 0.29) is 0 Å². The first-order chi connectivity index (χ1) is 5.04. The van der Waals surface area contributed by atoms with Crippen molar-refractivity contribution in [2.24, 2.45) is 0 Å². The molecular weight excluding hydrogens is 282 g/mol. The first-order valence-electron chi connectivity index (χ1n) is 3.12. The molecule has 63 valence electrons. The molecule has 4 heteroatoms. The second-order valence-electron chi connectivity index (χ2n) is 2.11. The van der Waals surface area contributed by atoms with Crippen molar-refractivity contribution in [3.05, 3.63) is 23.3 Å². The molecule has 0 saturated carbocycles. The van der Waals surface area contributed by atoms with Crippen LogP contribution in [0.5, 0.6) is 0 Å². The molecular formula is C7H9Cl3Zr-. The second-order valence-corrected chi connectivity index (χ2v) is 13.3. The summed E-state index contributed by atoms with van der Waals surface area (Å²) in [5.41, 5.74) is 2.71. The molecule has 0 radical (unpaired) electrons. The van der Waals surface area contributed by atoms with Crippen LogP contribution in [0.4, 0.5) is 0 Å². The number of halogens is 3. The van der Waals surface area contributed by atoms with Gasteiger partial charge in [-0.1, -0.05) is 6.92 Å². The third-order valence-corrected chi connectivity index (χ3v) is 1.37. The van der Waals surface area contributed by atoms with Crippen LogP contribution < -0.4 is 0 Å². The van der Waals surface area contributed by atoms with Gasteiger partial charge in [-0.15, -0.1) is 13.3 Å². The summed E-state index contributed by atoms with van der Waals surface area (Å²) in [6.45, 7) is 4.22. The second kappa shape index (κ2) is 6.72. The van der Waals surface area contributed by atoms with Gasteiger partial charge in [0, 0.05) is 0 Å². The molecule has 0 aromatic rings. The summed E-state index contributed by atoms with van der Waals surface area (Å²) in [5, 5.41) is 0. The molecule has 0 nitrogen and oxygen atoms in total. The molecule has 1 rings (SSSR count). The van der Waals surface area contributed by atoms with E-state index in [0.29, 0.717) is 0 Å². The third-order valence-electron chi connectivity index (χ3n) is 1.37. The Hall–Kier alpha value is 1.23. The molecule has 0 aromatic heterocycles. The van der Waals surface area contributed by atoms with Crippen LogP contribution >= 0.6 is 25.5 Å². The van der Waals surface area contributed by atoms with Gasteiger partial charge in [0.25, 0.3) is 0 Å². The number of hydrogen-bond acceptors (Lipinski definition) is 0. The van der Waals surface area contributed by atoms with E-state index in [9.17, 15) is 0 Å². The summed E-state index contributed by atoms with van der Waals surface area (Å²) in [6, 6.07) is 0. The van der Waals surface area contributed by atoms with E-state index in [1.54, 1.807) is 0 Å². The van der Waals surface area contributed by atoms with Crippen LogP contribution in [0, 0.1) is 6.08 Å². The molecule has 11 heavy (non-hydrogen) atoms. The predicted octanol–water partition coefficient (Wildman–Crippen LogP) is 4.15. The Kier molecular flexibility index (Phi) is 7.47. The molecule has 0 unspecified atom stereocenters. The molecule has 1 aliphatic carbocycles. The topological polar surface area (TPSA) is 0 Å². The molecule has 0 heterocycles. The molecule has 0 spiro atoms. The van der Waals surface area contributed by atoms with Crippen LogP contribution in [0.15, 0.2) is 17.2 Å². The first-order valence-corrected chi connectivity index (χ1v) is 12.6. The van der Waals surface area contributed by atoms with Crippen molar-refractivity contribution >= 4 is 25.5 Å². The van der Waals surface area contributed by atoms with E-state index in [1.165, 1.54) is 11.1 Å². The Morgan fingerprint density at radius 1 is 1.36 bits per heavy atom. The van der Waals surface area contributed by atoms with Gasteiger partial charge in [0.2, 0.25) is 0 Å². The molecule has 1 aliphatic rings. The van der Waals surface area contributed by atoms with E-state index < -0.39 is 18.2 Å². The van der Waals surface area contributed by atoms with E-state index in [2.05, 4.69) is 26.0 Å². The fourth-order valence-corrected chi connectivity index (χ4v) is 0.650. The average Bonchev–Trinajstić information content (AvgIpc) is 2.15. The zero-order chi connectivity index (χ0) is 8.85. The van der Waals surface area contributed by atoms with Crippen molar-refractivity contribution in [3.63, 3.8) is 0 Å². The van der Waals surface area contributed by atoms with Crippen molar-refractivity contribution in [2.45, 2.75) is 20.3 Å². The Balaban J connectivity index is 0.000000218. The first kappa shape index (κ1) is 12.2. The Labute approximate surface area is 86.5 Å². The van der Waals surface area contributed by atoms with Crippen LogP contribution in [-0.2, 0) is 18.2 Å². The normalized spacial score (nSPS) is 14.6. The quantitative estimate of drug-likeness (QED) is 0.588. The van der Waals surface area contributed by atoms with Crippen LogP contribution in [0.1, 0.15) is 20.3 Å². The molecule has 0 saturated heterocycles. The van der Waals surface area contributed by atoms with Crippen molar-refractivity contribution in [2.75, 3.05) is 0 Å². The van der Waals surface area contributed by atoms with Crippen LogP contribution in [-0.4, -0.2) is 0 Å². The maximum absolute atomic E-state index is 5.00. The summed E-state index contributed by atoms with van der Waals surface area (Å²) in [4.78, 5) is 0. The van der Waals surface area contributed by atoms with Crippen LogP contribution in [0.2, 0.25) is 0 Å². The molecule has 0 fully saturated rings. The number of allylic oxidation sites excluding steroid dienone is 4. The van der Waals surface area contributed by atoms with Gasteiger partial charge in [-0.3, -0.25) is 6.08 Å². The Morgan fingerprint density at radius 3 is 1.91 bits per heavy atom. The zero-order valence-corrected chi connectivity index (χ0v) is 11.1. The van der Waals surface area contributed by atoms with Gasteiger partial charge in [-0.2, -0.15) is 6.08 Å². The van der Waals surface area contributed by atoms with Crippen LogP contribution in [0.25, 0.3) is 0 Å². The van der Waals surface area contributed by atoms with Crippen molar-refractivity contribution in [3.8, 4) is 0 Å². The van der Waals surface area contributed by atoms with Gasteiger partial charge in [0.15, 0.2) is 0 Å². The fraction of sp³-hybridized carbons (Fsp3) is 0.429. The predicted molar refractivity (Wildman–Crippen MR) is 48.4 cm³/mol. The molecule has 0 atom stereocenters. The molecule has 0 N–H and O–H groups in total. The molecule has 0 bridgehead atoms.